The van der Waals surface area contributed by atoms with Crippen molar-refractivity contribution in [1.82, 2.24) is 9.78 Å². The Kier molecular flexibility index (Phi) is 4.00. The zero-order chi connectivity index (χ0) is 15.9. The van der Waals surface area contributed by atoms with Crippen LogP contribution in [0.2, 0.25) is 0 Å². The molecule has 0 saturated carbocycles. The molecule has 0 unspecified atom stereocenters. The van der Waals surface area contributed by atoms with E-state index in [1.54, 1.807) is 0 Å². The molecule has 4 nitrogen and oxygen atoms in total. The number of hydrogen-bond donors (Lipinski definition) is 1. The number of benzene rings is 1. The molecule has 1 aromatic heterocycles. The summed E-state index contributed by atoms with van der Waals surface area (Å²) in [6.45, 7) is 8.00. The van der Waals surface area contributed by atoms with Crippen molar-refractivity contribution in [3.63, 3.8) is 0 Å². The van der Waals surface area contributed by atoms with Crippen molar-refractivity contribution in [3.8, 4) is 5.69 Å². The van der Waals surface area contributed by atoms with Crippen molar-refractivity contribution in [2.45, 2.75) is 39.2 Å². The highest BCUT2D eigenvalue weighted by atomic mass is 32.2. The summed E-state index contributed by atoms with van der Waals surface area (Å²) in [5, 5.41) is 7.80. The van der Waals surface area contributed by atoms with Crippen molar-refractivity contribution in [2.75, 3.05) is 5.32 Å². The molecular formula is C17H21N3OS. The molecule has 0 spiro atoms. The molecule has 116 valence electrons. The van der Waals surface area contributed by atoms with E-state index in [1.807, 2.05) is 30.3 Å². The van der Waals surface area contributed by atoms with Crippen molar-refractivity contribution in [1.29, 1.82) is 0 Å². The van der Waals surface area contributed by atoms with Crippen LogP contribution in [0.4, 0.5) is 5.82 Å². The van der Waals surface area contributed by atoms with E-state index in [-0.39, 0.29) is 11.8 Å². The first-order valence-electron chi connectivity index (χ1n) is 7.54. The molecule has 1 aromatic carbocycles. The highest BCUT2D eigenvalue weighted by Crippen LogP contribution is 2.36. The topological polar surface area (TPSA) is 46.9 Å². The fourth-order valence-electron chi connectivity index (χ4n) is 2.45. The Morgan fingerprint density at radius 3 is 2.73 bits per heavy atom. The number of fused-ring (bicyclic) bond motifs is 1. The van der Waals surface area contributed by atoms with Gasteiger partial charge in [-0.05, 0) is 37.1 Å². The van der Waals surface area contributed by atoms with E-state index in [1.165, 1.54) is 11.1 Å². The van der Waals surface area contributed by atoms with E-state index in [4.69, 9.17) is 5.10 Å². The quantitative estimate of drug-likeness (QED) is 0.936. The van der Waals surface area contributed by atoms with Gasteiger partial charge in [0.25, 0.3) is 0 Å². The van der Waals surface area contributed by atoms with Crippen LogP contribution < -0.4 is 5.32 Å². The molecule has 5 heteroatoms. The molecule has 0 bridgehead atoms. The van der Waals surface area contributed by atoms with Gasteiger partial charge >= 0.3 is 0 Å². The van der Waals surface area contributed by atoms with Gasteiger partial charge in [0.2, 0.25) is 5.91 Å². The fourth-order valence-corrected chi connectivity index (χ4v) is 3.48. The van der Waals surface area contributed by atoms with E-state index in [0.29, 0.717) is 0 Å². The summed E-state index contributed by atoms with van der Waals surface area (Å²) in [6, 6.07) is 6.28. The molecule has 1 aliphatic rings. The molecule has 2 heterocycles. The summed E-state index contributed by atoms with van der Waals surface area (Å²) in [5.41, 5.74) is 5.73. The lowest BCUT2D eigenvalue weighted by Crippen LogP contribution is -2.20. The molecule has 0 saturated heterocycles. The first kappa shape index (κ1) is 15.2. The van der Waals surface area contributed by atoms with Crippen LogP contribution in [0.1, 0.15) is 36.2 Å². The molecule has 3 rings (SSSR count). The third-order valence-electron chi connectivity index (χ3n) is 4.05. The van der Waals surface area contributed by atoms with Crippen LogP contribution in [0.25, 0.3) is 5.69 Å². The predicted octanol–water partition coefficient (Wildman–Crippen LogP) is 3.83. The lowest BCUT2D eigenvalue weighted by Gasteiger charge is -2.13. The molecule has 22 heavy (non-hydrogen) atoms. The normalized spacial score (nSPS) is 13.5. The average molecular weight is 315 g/mol. The molecule has 0 aliphatic carbocycles. The number of nitrogens with zero attached hydrogens (tertiary/aromatic N) is 2. The van der Waals surface area contributed by atoms with Crippen LogP contribution in [-0.4, -0.2) is 15.7 Å². The predicted molar refractivity (Wildman–Crippen MR) is 91.5 cm³/mol. The number of hydrogen-bond acceptors (Lipinski definition) is 3. The zero-order valence-electron chi connectivity index (χ0n) is 13.4. The maximum absolute atomic E-state index is 12.2. The van der Waals surface area contributed by atoms with Crippen LogP contribution >= 0.6 is 11.8 Å². The summed E-state index contributed by atoms with van der Waals surface area (Å²) in [7, 11) is 0. The van der Waals surface area contributed by atoms with Gasteiger partial charge in [0.15, 0.2) is 0 Å². The number of carbonyl (C=O) groups is 1. The maximum atomic E-state index is 12.2. The Morgan fingerprint density at radius 1 is 1.27 bits per heavy atom. The third kappa shape index (κ3) is 2.65. The minimum atomic E-state index is -0.0483. The van der Waals surface area contributed by atoms with E-state index in [0.717, 1.165) is 34.3 Å². The van der Waals surface area contributed by atoms with Gasteiger partial charge in [0, 0.05) is 23.0 Å². The van der Waals surface area contributed by atoms with Crippen LogP contribution in [-0.2, 0) is 16.3 Å². The first-order valence-corrected chi connectivity index (χ1v) is 8.70. The minimum Gasteiger partial charge on any atom is -0.310 e. The van der Waals surface area contributed by atoms with Crippen LogP contribution in [0.5, 0.6) is 0 Å². The van der Waals surface area contributed by atoms with Crippen molar-refractivity contribution >= 4 is 23.5 Å². The van der Waals surface area contributed by atoms with Crippen LogP contribution in [0.15, 0.2) is 18.2 Å². The number of anilines is 1. The number of amides is 1. The summed E-state index contributed by atoms with van der Waals surface area (Å²) < 4.78 is 1.89. The summed E-state index contributed by atoms with van der Waals surface area (Å²) in [6.07, 6.45) is 0. The van der Waals surface area contributed by atoms with E-state index in [9.17, 15) is 4.79 Å². The van der Waals surface area contributed by atoms with E-state index < -0.39 is 0 Å². The van der Waals surface area contributed by atoms with Crippen molar-refractivity contribution in [3.05, 3.63) is 40.6 Å². The molecular weight excluding hydrogens is 294 g/mol. The zero-order valence-corrected chi connectivity index (χ0v) is 14.3. The molecule has 1 amide bonds. The van der Waals surface area contributed by atoms with Gasteiger partial charge in [-0.15, -0.1) is 0 Å². The van der Waals surface area contributed by atoms with Gasteiger partial charge in [-0.3, -0.25) is 4.79 Å². The molecule has 0 radical (unpaired) electrons. The summed E-state index contributed by atoms with van der Waals surface area (Å²) >= 11 is 1.84. The molecule has 1 N–H and O–H groups in total. The van der Waals surface area contributed by atoms with Gasteiger partial charge in [-0.1, -0.05) is 19.9 Å². The maximum Gasteiger partial charge on any atom is 0.228 e. The monoisotopic (exact) mass is 315 g/mol. The fraction of sp³-hybridized carbons (Fsp3) is 0.412. The largest absolute Gasteiger partial charge is 0.310 e. The number of rotatable bonds is 3. The molecule has 1 aliphatic heterocycles. The van der Waals surface area contributed by atoms with Gasteiger partial charge in [0.05, 0.1) is 11.4 Å². The number of aromatic nitrogens is 2. The van der Waals surface area contributed by atoms with Crippen molar-refractivity contribution < 1.29 is 4.79 Å². The van der Waals surface area contributed by atoms with E-state index in [2.05, 4.69) is 37.4 Å². The number of aryl methyl sites for hydroxylation is 2. The highest BCUT2D eigenvalue weighted by Gasteiger charge is 2.25. The second kappa shape index (κ2) is 5.80. The number of thioether (sulfide) groups is 1. The first-order chi connectivity index (χ1) is 10.5. The third-order valence-corrected chi connectivity index (χ3v) is 5.02. The Labute approximate surface area is 135 Å². The van der Waals surface area contributed by atoms with E-state index >= 15 is 0 Å². The van der Waals surface area contributed by atoms with Gasteiger partial charge in [0.1, 0.15) is 5.82 Å². The Bertz CT molecular complexity index is 734. The Hall–Kier alpha value is -1.75. The van der Waals surface area contributed by atoms with Crippen LogP contribution in [0, 0.1) is 19.8 Å². The average Bonchev–Trinajstić information content (AvgIpc) is 3.04. The summed E-state index contributed by atoms with van der Waals surface area (Å²) in [5.74, 6) is 2.64. The van der Waals surface area contributed by atoms with Crippen molar-refractivity contribution in [2.24, 2.45) is 5.92 Å². The standard InChI is InChI=1S/C17H21N3OS/c1-10(2)17(21)18-16-14-8-22-9-15(14)19-20(16)13-6-5-11(3)12(4)7-13/h5-7,10H,8-9H2,1-4H3,(H,18,21). The molecule has 0 atom stereocenters. The summed E-state index contributed by atoms with van der Waals surface area (Å²) in [4.78, 5) is 12.2. The minimum absolute atomic E-state index is 0.0321. The SMILES string of the molecule is Cc1ccc(-n2nc3c(c2NC(=O)C(C)C)CSC3)cc1C. The molecule has 2 aromatic rings. The Morgan fingerprint density at radius 2 is 2.05 bits per heavy atom. The van der Waals surface area contributed by atoms with Gasteiger partial charge in [-0.25, -0.2) is 4.68 Å². The lowest BCUT2D eigenvalue weighted by atomic mass is 10.1. The lowest BCUT2D eigenvalue weighted by molar-refractivity contribution is -0.118. The smallest absolute Gasteiger partial charge is 0.228 e. The molecule has 0 fully saturated rings. The number of carbonyl (C=O) groups excluding carboxylic acids is 1. The van der Waals surface area contributed by atoms with Gasteiger partial charge < -0.3 is 5.32 Å². The highest BCUT2D eigenvalue weighted by molar-refractivity contribution is 7.98. The van der Waals surface area contributed by atoms with Gasteiger partial charge in [-0.2, -0.15) is 16.9 Å². The Balaban J connectivity index is 2.07. The second-order valence-electron chi connectivity index (χ2n) is 6.09. The van der Waals surface area contributed by atoms with Crippen LogP contribution in [0.3, 0.4) is 0 Å². The second-order valence-corrected chi connectivity index (χ2v) is 7.08. The number of nitrogens with one attached hydrogen (secondary N) is 1.